The van der Waals surface area contributed by atoms with Gasteiger partial charge in [0.25, 0.3) is 0 Å². The van der Waals surface area contributed by atoms with E-state index >= 15 is 0 Å². The number of nitrogens with zero attached hydrogens (tertiary/aromatic N) is 1. The van der Waals surface area contributed by atoms with Gasteiger partial charge in [0.2, 0.25) is 0 Å². The number of carboxylic acid groups (broad SMARTS) is 1. The Bertz CT molecular complexity index is 394. The van der Waals surface area contributed by atoms with Crippen LogP contribution in [0, 0.1) is 0 Å². The van der Waals surface area contributed by atoms with Gasteiger partial charge in [-0.05, 0) is 6.07 Å². The van der Waals surface area contributed by atoms with E-state index in [1.54, 1.807) is 12.1 Å². The molecule has 0 aromatic carbocycles. The lowest BCUT2D eigenvalue weighted by atomic mass is 10.2. The lowest BCUT2D eigenvalue weighted by Gasteiger charge is -2.00. The smallest absolute Gasteiger partial charge is 0.355 e. The van der Waals surface area contributed by atoms with Crippen LogP contribution in [0.3, 0.4) is 0 Å². The van der Waals surface area contributed by atoms with Crippen LogP contribution in [0.25, 0.3) is 11.3 Å². The summed E-state index contributed by atoms with van der Waals surface area (Å²) in [7, 11) is 0. The monoisotopic (exact) mass is 162 g/mol. The predicted octanol–water partition coefficient (Wildman–Crippen LogP) is 1.21. The van der Waals surface area contributed by atoms with Crippen molar-refractivity contribution in [1.82, 2.24) is 9.97 Å². The number of aromatic carboxylic acids is 1. The third kappa shape index (κ3) is 0.852. The van der Waals surface area contributed by atoms with E-state index in [9.17, 15) is 4.79 Å². The highest BCUT2D eigenvalue weighted by molar-refractivity contribution is 5.93. The molecule has 0 bridgehead atoms. The number of aromatic amines is 1. The van der Waals surface area contributed by atoms with Crippen molar-refractivity contribution >= 4 is 5.97 Å². The number of hydrogen-bond acceptors (Lipinski definition) is 2. The molecule has 0 aromatic heterocycles. The first kappa shape index (κ1) is 6.84. The summed E-state index contributed by atoms with van der Waals surface area (Å²) >= 11 is 0. The number of carbonyl (C=O) groups is 1. The van der Waals surface area contributed by atoms with Gasteiger partial charge in [-0.2, -0.15) is 0 Å². The van der Waals surface area contributed by atoms with Crippen LogP contribution >= 0.6 is 0 Å². The Labute approximate surface area is 68.2 Å². The summed E-state index contributed by atoms with van der Waals surface area (Å²) in [5, 5.41) is 8.72. The number of nitrogens with one attached hydrogen (secondary N) is 1. The minimum atomic E-state index is -1.000. The zero-order valence-corrected chi connectivity index (χ0v) is 6.11. The topological polar surface area (TPSA) is 66.0 Å². The van der Waals surface area contributed by atoms with Crippen molar-refractivity contribution in [1.29, 1.82) is 0 Å². The number of aromatic nitrogens is 2. The number of H-pyrrole nitrogens is 1. The van der Waals surface area contributed by atoms with Crippen LogP contribution in [0.4, 0.5) is 0 Å². The summed E-state index contributed by atoms with van der Waals surface area (Å²) in [4.78, 5) is 17.2. The molecule has 0 atom stereocenters. The van der Waals surface area contributed by atoms with Crippen LogP contribution in [-0.2, 0) is 0 Å². The summed E-state index contributed by atoms with van der Waals surface area (Å²) in [6, 6.07) is 5.32. The van der Waals surface area contributed by atoms with Crippen molar-refractivity contribution in [2.45, 2.75) is 0 Å². The highest BCUT2D eigenvalue weighted by Crippen LogP contribution is 2.22. The zero-order valence-electron chi connectivity index (χ0n) is 6.11. The third-order valence-electron chi connectivity index (χ3n) is 1.69. The SMILES string of the molecule is O=C(O)c1nc[nH]c2cccc1-2. The van der Waals surface area contributed by atoms with E-state index in [4.69, 9.17) is 5.11 Å². The zero-order chi connectivity index (χ0) is 8.55. The molecule has 4 heteroatoms. The Morgan fingerprint density at radius 3 is 3.08 bits per heavy atom. The molecule has 0 unspecified atom stereocenters. The minimum Gasteiger partial charge on any atom is -0.476 e. The Morgan fingerprint density at radius 2 is 2.33 bits per heavy atom. The molecule has 1 aliphatic carbocycles. The maximum atomic E-state index is 10.6. The molecule has 0 saturated heterocycles. The maximum absolute atomic E-state index is 10.6. The van der Waals surface area contributed by atoms with Gasteiger partial charge >= 0.3 is 5.97 Å². The molecule has 2 aliphatic rings. The fourth-order valence-electron chi connectivity index (χ4n) is 1.16. The highest BCUT2D eigenvalue weighted by Gasteiger charge is 2.14. The van der Waals surface area contributed by atoms with E-state index in [1.807, 2.05) is 6.07 Å². The maximum Gasteiger partial charge on any atom is 0.355 e. The second kappa shape index (κ2) is 2.34. The van der Waals surface area contributed by atoms with Crippen LogP contribution in [0.5, 0.6) is 0 Å². The average Bonchev–Trinajstić information content (AvgIpc) is 2.49. The van der Waals surface area contributed by atoms with E-state index in [0.29, 0.717) is 5.56 Å². The van der Waals surface area contributed by atoms with E-state index in [2.05, 4.69) is 9.97 Å². The summed E-state index contributed by atoms with van der Waals surface area (Å²) in [6.07, 6.45) is 1.38. The lowest BCUT2D eigenvalue weighted by molar-refractivity contribution is 0.0691. The van der Waals surface area contributed by atoms with Gasteiger partial charge in [-0.3, -0.25) is 0 Å². The molecule has 2 rings (SSSR count). The van der Waals surface area contributed by atoms with Gasteiger partial charge in [0, 0.05) is 11.3 Å². The summed E-state index contributed by atoms with van der Waals surface area (Å²) in [5.41, 5.74) is 1.53. The van der Waals surface area contributed by atoms with Crippen LogP contribution in [-0.4, -0.2) is 21.0 Å². The quantitative estimate of drug-likeness (QED) is 0.662. The Kier molecular flexibility index (Phi) is 1.33. The third-order valence-corrected chi connectivity index (χ3v) is 1.69. The fraction of sp³-hybridized carbons (Fsp3) is 0. The molecule has 12 heavy (non-hydrogen) atoms. The number of fused-ring (bicyclic) bond motifs is 1. The minimum absolute atomic E-state index is 0.0914. The molecular weight excluding hydrogens is 156 g/mol. The molecular formula is C8H6N2O2. The van der Waals surface area contributed by atoms with Gasteiger partial charge in [-0.25, -0.2) is 9.78 Å². The summed E-state index contributed by atoms with van der Waals surface area (Å²) < 4.78 is 0. The average molecular weight is 162 g/mol. The Morgan fingerprint density at radius 1 is 1.50 bits per heavy atom. The van der Waals surface area contributed by atoms with E-state index in [1.165, 1.54) is 6.33 Å². The van der Waals surface area contributed by atoms with E-state index in [-0.39, 0.29) is 5.69 Å². The van der Waals surface area contributed by atoms with Gasteiger partial charge in [0.15, 0.2) is 5.69 Å². The van der Waals surface area contributed by atoms with Crippen molar-refractivity contribution in [3.05, 3.63) is 30.2 Å². The molecule has 0 amide bonds. The number of carboxylic acids is 1. The number of rotatable bonds is 1. The molecule has 60 valence electrons. The second-order valence-corrected chi connectivity index (χ2v) is 2.41. The van der Waals surface area contributed by atoms with Gasteiger partial charge in [0.1, 0.15) is 0 Å². The molecule has 4 nitrogen and oxygen atoms in total. The van der Waals surface area contributed by atoms with Crippen LogP contribution in [0.15, 0.2) is 24.5 Å². The second-order valence-electron chi connectivity index (χ2n) is 2.41. The molecule has 0 fully saturated rings. The largest absolute Gasteiger partial charge is 0.476 e. The first-order valence-corrected chi connectivity index (χ1v) is 3.44. The van der Waals surface area contributed by atoms with Gasteiger partial charge in [-0.1, -0.05) is 12.1 Å². The first-order valence-electron chi connectivity index (χ1n) is 3.44. The van der Waals surface area contributed by atoms with Crippen molar-refractivity contribution in [2.24, 2.45) is 0 Å². The predicted molar refractivity (Wildman–Crippen MR) is 42.2 cm³/mol. The lowest BCUT2D eigenvalue weighted by Crippen LogP contribution is -2.03. The van der Waals surface area contributed by atoms with Crippen LogP contribution < -0.4 is 0 Å². The fourth-order valence-corrected chi connectivity index (χ4v) is 1.16. The van der Waals surface area contributed by atoms with Gasteiger partial charge < -0.3 is 10.1 Å². The summed E-state index contributed by atoms with van der Waals surface area (Å²) in [6.45, 7) is 0. The molecule has 0 saturated carbocycles. The molecule has 1 heterocycles. The van der Waals surface area contributed by atoms with Crippen molar-refractivity contribution in [2.75, 3.05) is 0 Å². The molecule has 2 N–H and O–H groups in total. The standard InChI is InChI=1S/C8H6N2O2/c11-8(12)7-5-2-1-3-6(5)9-4-10-7/h1-4H,(H,9,10)(H,11,12). The normalized spacial score (nSPS) is 10.3. The van der Waals surface area contributed by atoms with Gasteiger partial charge in [-0.15, -0.1) is 0 Å². The van der Waals surface area contributed by atoms with E-state index < -0.39 is 5.97 Å². The Hall–Kier alpha value is -1.84. The summed E-state index contributed by atoms with van der Waals surface area (Å²) in [5.74, 6) is -1.000. The molecule has 0 radical (unpaired) electrons. The van der Waals surface area contributed by atoms with Crippen LogP contribution in [0.2, 0.25) is 0 Å². The van der Waals surface area contributed by atoms with Crippen molar-refractivity contribution in [3.8, 4) is 11.3 Å². The first-order chi connectivity index (χ1) is 5.79. The van der Waals surface area contributed by atoms with Gasteiger partial charge in [0.05, 0.1) is 6.33 Å². The van der Waals surface area contributed by atoms with Crippen molar-refractivity contribution in [3.63, 3.8) is 0 Å². The number of hydrogen-bond donors (Lipinski definition) is 2. The molecule has 0 spiro atoms. The highest BCUT2D eigenvalue weighted by atomic mass is 16.4. The Balaban J connectivity index is 2.71. The molecule has 0 aromatic rings. The van der Waals surface area contributed by atoms with E-state index in [0.717, 1.165) is 5.69 Å². The van der Waals surface area contributed by atoms with Crippen LogP contribution in [0.1, 0.15) is 10.5 Å². The van der Waals surface area contributed by atoms with Crippen molar-refractivity contribution < 1.29 is 9.90 Å². The molecule has 1 aliphatic heterocycles.